The van der Waals surface area contributed by atoms with Crippen molar-refractivity contribution in [2.45, 2.75) is 60.0 Å². The van der Waals surface area contributed by atoms with Gasteiger partial charge in [-0.25, -0.2) is 4.98 Å². The van der Waals surface area contributed by atoms with Crippen LogP contribution in [0.5, 0.6) is 5.75 Å². The van der Waals surface area contributed by atoms with Crippen molar-refractivity contribution in [1.29, 1.82) is 5.26 Å². The molecule has 1 aromatic heterocycles. The summed E-state index contributed by atoms with van der Waals surface area (Å²) >= 11 is 0. The van der Waals surface area contributed by atoms with Gasteiger partial charge in [0.1, 0.15) is 11.6 Å². The number of aryl methyl sites for hydroxylation is 3. The van der Waals surface area contributed by atoms with Crippen molar-refractivity contribution in [3.05, 3.63) is 111 Å². The molecule has 3 aromatic carbocycles. The topological polar surface area (TPSA) is 67.9 Å². The first-order chi connectivity index (χ1) is 17.8. The second-order valence-corrected chi connectivity index (χ2v) is 9.62. The molecular weight excluding hydrogens is 458 g/mol. The molecule has 0 radical (unpaired) electrons. The highest BCUT2D eigenvalue weighted by Gasteiger charge is 2.17. The Morgan fingerprint density at radius 3 is 2.41 bits per heavy atom. The van der Waals surface area contributed by atoms with E-state index in [9.17, 15) is 10.1 Å². The lowest BCUT2D eigenvalue weighted by Gasteiger charge is -2.18. The minimum absolute atomic E-state index is 0.0354. The molecule has 0 bridgehead atoms. The van der Waals surface area contributed by atoms with Crippen LogP contribution in [0.25, 0.3) is 16.8 Å². The lowest BCUT2D eigenvalue weighted by Crippen LogP contribution is -2.28. The summed E-state index contributed by atoms with van der Waals surface area (Å²) in [7, 11) is 0. The zero-order valence-corrected chi connectivity index (χ0v) is 22.2. The lowest BCUT2D eigenvalue weighted by molar-refractivity contribution is 0.241. The average Bonchev–Trinajstić information content (AvgIpc) is 2.88. The summed E-state index contributed by atoms with van der Waals surface area (Å²) in [5, 5.41) is 9.45. The molecule has 0 aliphatic rings. The molecular formula is C32H33N3O2. The van der Waals surface area contributed by atoms with Gasteiger partial charge in [0.25, 0.3) is 5.56 Å². The number of hydrogen-bond acceptors (Lipinski definition) is 4. The van der Waals surface area contributed by atoms with Gasteiger partial charge < -0.3 is 4.74 Å². The van der Waals surface area contributed by atoms with E-state index in [0.717, 1.165) is 57.8 Å². The van der Waals surface area contributed by atoms with E-state index in [1.807, 2.05) is 94.4 Å². The molecule has 0 amide bonds. The zero-order valence-electron chi connectivity index (χ0n) is 22.2. The quantitative estimate of drug-likeness (QED) is 0.274. The molecule has 0 aliphatic heterocycles. The number of nitrogens with zero attached hydrogens (tertiary/aromatic N) is 3. The van der Waals surface area contributed by atoms with Crippen LogP contribution in [0.15, 0.2) is 71.5 Å². The first-order valence-corrected chi connectivity index (χ1v) is 12.8. The molecule has 188 valence electrons. The molecule has 0 N–H and O–H groups in total. The number of nitriles is 1. The van der Waals surface area contributed by atoms with E-state index in [0.29, 0.717) is 17.8 Å². The fraction of sp³-hybridized carbons (Fsp3) is 0.281. The summed E-state index contributed by atoms with van der Waals surface area (Å²) in [5.41, 5.74) is 6.87. The van der Waals surface area contributed by atoms with Gasteiger partial charge in [-0.3, -0.25) is 9.36 Å². The van der Waals surface area contributed by atoms with Crippen molar-refractivity contribution in [2.75, 3.05) is 0 Å². The van der Waals surface area contributed by atoms with Gasteiger partial charge in [-0.1, -0.05) is 55.8 Å². The van der Waals surface area contributed by atoms with Crippen LogP contribution in [0.2, 0.25) is 0 Å². The molecule has 0 saturated heterocycles. The standard InChI is InChI=1S/C32H33N3O2/c1-6-9-30-29(19-24-12-14-25(15-13-24)28-11-8-7-10-26(28)20-33)32(36)35(23(5)34-30)27-16-17-31(22(4)18-27)37-21(2)3/h7-8,10-18,21H,6,9,19H2,1-5H3. The SMILES string of the molecule is CCCc1nc(C)n(-c2ccc(OC(C)C)c(C)c2)c(=O)c1Cc1ccc(-c2ccccc2C#N)cc1. The van der Waals surface area contributed by atoms with Crippen molar-refractivity contribution in [1.82, 2.24) is 9.55 Å². The van der Waals surface area contributed by atoms with Crippen LogP contribution >= 0.6 is 0 Å². The van der Waals surface area contributed by atoms with Crippen molar-refractivity contribution < 1.29 is 4.74 Å². The number of rotatable bonds is 8. The maximum atomic E-state index is 13.9. The van der Waals surface area contributed by atoms with E-state index in [1.165, 1.54) is 0 Å². The van der Waals surface area contributed by atoms with Gasteiger partial charge in [-0.15, -0.1) is 0 Å². The van der Waals surface area contributed by atoms with Crippen LogP contribution in [0.4, 0.5) is 0 Å². The Kier molecular flexibility index (Phi) is 7.89. The molecule has 1 heterocycles. The van der Waals surface area contributed by atoms with E-state index in [-0.39, 0.29) is 11.7 Å². The third-order valence-electron chi connectivity index (χ3n) is 6.39. The number of ether oxygens (including phenoxy) is 1. The van der Waals surface area contributed by atoms with E-state index in [2.05, 4.69) is 13.0 Å². The van der Waals surface area contributed by atoms with Gasteiger partial charge in [-0.05, 0) is 80.6 Å². The highest BCUT2D eigenvalue weighted by atomic mass is 16.5. The third kappa shape index (κ3) is 5.65. The molecule has 0 unspecified atom stereocenters. The fourth-order valence-corrected chi connectivity index (χ4v) is 4.64. The fourth-order valence-electron chi connectivity index (χ4n) is 4.64. The minimum Gasteiger partial charge on any atom is -0.491 e. The summed E-state index contributed by atoms with van der Waals surface area (Å²) < 4.78 is 7.59. The Balaban J connectivity index is 1.73. The lowest BCUT2D eigenvalue weighted by atomic mass is 9.97. The Morgan fingerprint density at radius 1 is 1.03 bits per heavy atom. The molecule has 37 heavy (non-hydrogen) atoms. The van der Waals surface area contributed by atoms with E-state index < -0.39 is 0 Å². The number of aromatic nitrogens is 2. The normalized spacial score (nSPS) is 10.9. The Bertz CT molecular complexity index is 1510. The van der Waals surface area contributed by atoms with Crippen molar-refractivity contribution in [2.24, 2.45) is 0 Å². The van der Waals surface area contributed by atoms with Crippen LogP contribution < -0.4 is 10.3 Å². The summed E-state index contributed by atoms with van der Waals surface area (Å²) in [4.78, 5) is 18.8. The summed E-state index contributed by atoms with van der Waals surface area (Å²) in [6, 6.07) is 23.8. The van der Waals surface area contributed by atoms with Crippen molar-refractivity contribution >= 4 is 0 Å². The van der Waals surface area contributed by atoms with Crippen molar-refractivity contribution in [3.63, 3.8) is 0 Å². The first-order valence-electron chi connectivity index (χ1n) is 12.8. The molecule has 5 nitrogen and oxygen atoms in total. The van der Waals surface area contributed by atoms with Gasteiger partial charge in [0, 0.05) is 12.0 Å². The van der Waals surface area contributed by atoms with Gasteiger partial charge >= 0.3 is 0 Å². The highest BCUT2D eigenvalue weighted by molar-refractivity contribution is 5.70. The van der Waals surface area contributed by atoms with Gasteiger partial charge in [0.15, 0.2) is 0 Å². The smallest absolute Gasteiger partial charge is 0.261 e. The predicted molar refractivity (Wildman–Crippen MR) is 148 cm³/mol. The minimum atomic E-state index is -0.0354. The van der Waals surface area contributed by atoms with Crippen LogP contribution in [-0.2, 0) is 12.8 Å². The molecule has 4 aromatic rings. The second kappa shape index (κ2) is 11.3. The molecule has 0 aliphatic carbocycles. The predicted octanol–water partition coefficient (Wildman–Crippen LogP) is 6.72. The number of hydrogen-bond donors (Lipinski definition) is 0. The van der Waals surface area contributed by atoms with Gasteiger partial charge in [0.2, 0.25) is 0 Å². The van der Waals surface area contributed by atoms with E-state index in [4.69, 9.17) is 9.72 Å². The largest absolute Gasteiger partial charge is 0.491 e. The maximum Gasteiger partial charge on any atom is 0.261 e. The monoisotopic (exact) mass is 491 g/mol. The Hall–Kier alpha value is -4.17. The first kappa shape index (κ1) is 25.9. The molecule has 0 atom stereocenters. The zero-order chi connectivity index (χ0) is 26.5. The number of benzene rings is 3. The van der Waals surface area contributed by atoms with Crippen LogP contribution in [0.1, 0.15) is 61.0 Å². The summed E-state index contributed by atoms with van der Waals surface area (Å²) in [6.45, 7) is 9.98. The van der Waals surface area contributed by atoms with Gasteiger partial charge in [0.05, 0.1) is 29.1 Å². The average molecular weight is 492 g/mol. The molecule has 5 heteroatoms. The van der Waals surface area contributed by atoms with Crippen LogP contribution in [0.3, 0.4) is 0 Å². The molecule has 0 fully saturated rings. The molecule has 0 spiro atoms. The van der Waals surface area contributed by atoms with Crippen LogP contribution in [0, 0.1) is 25.2 Å². The maximum absolute atomic E-state index is 13.9. The Labute approximate surface area is 219 Å². The third-order valence-corrected chi connectivity index (χ3v) is 6.39. The van der Waals surface area contributed by atoms with Crippen LogP contribution in [-0.4, -0.2) is 15.7 Å². The Morgan fingerprint density at radius 2 is 1.76 bits per heavy atom. The van der Waals surface area contributed by atoms with Crippen molar-refractivity contribution in [3.8, 4) is 28.6 Å². The summed E-state index contributed by atoms with van der Waals surface area (Å²) in [5.74, 6) is 1.50. The summed E-state index contributed by atoms with van der Waals surface area (Å²) in [6.07, 6.45) is 2.23. The second-order valence-electron chi connectivity index (χ2n) is 9.62. The molecule has 0 saturated carbocycles. The highest BCUT2D eigenvalue weighted by Crippen LogP contribution is 2.25. The van der Waals surface area contributed by atoms with E-state index >= 15 is 0 Å². The molecule has 4 rings (SSSR count). The van der Waals surface area contributed by atoms with Gasteiger partial charge in [-0.2, -0.15) is 5.26 Å². The van der Waals surface area contributed by atoms with E-state index in [1.54, 1.807) is 4.57 Å².